The number of nitrogens with one attached hydrogen (secondary N) is 1. The molecule has 1 unspecified atom stereocenters. The number of carbonyl (C=O) groups excluding carboxylic acids is 2. The van der Waals surface area contributed by atoms with Gasteiger partial charge in [0.1, 0.15) is 12.6 Å². The molecule has 198 valence electrons. The summed E-state index contributed by atoms with van der Waals surface area (Å²) in [5, 5.41) is 2.29. The molecular weight excluding hydrogens is 566 g/mol. The SMILES string of the molecule is CCC(C(=O)NC)N(Cc1ccc(Cl)c(Cl)c1)C(=O)CN(c1ccc(Cl)c(C(F)(F)F)c1)S(C)(=O)=O. The number of nitrogens with zero attached hydrogens (tertiary/aromatic N) is 2. The number of likely N-dealkylation sites (N-methyl/N-ethyl adjacent to an activating group) is 1. The third-order valence-corrected chi connectivity index (χ3v) is 7.40. The number of halogens is 6. The van der Waals surface area contributed by atoms with Crippen molar-refractivity contribution in [1.29, 1.82) is 0 Å². The van der Waals surface area contributed by atoms with Crippen LogP contribution in [-0.4, -0.2) is 51.0 Å². The first-order valence-electron chi connectivity index (χ1n) is 10.4. The van der Waals surface area contributed by atoms with Crippen LogP contribution in [0.1, 0.15) is 24.5 Å². The van der Waals surface area contributed by atoms with Crippen LogP contribution in [0.25, 0.3) is 0 Å². The van der Waals surface area contributed by atoms with Crippen LogP contribution >= 0.6 is 34.8 Å². The molecule has 0 saturated carbocycles. The molecule has 2 aromatic carbocycles. The molecule has 0 saturated heterocycles. The molecule has 7 nitrogen and oxygen atoms in total. The van der Waals surface area contributed by atoms with Gasteiger partial charge in [-0.05, 0) is 42.3 Å². The first-order chi connectivity index (χ1) is 16.6. The van der Waals surface area contributed by atoms with Crippen LogP contribution in [0.2, 0.25) is 15.1 Å². The van der Waals surface area contributed by atoms with Crippen LogP contribution in [0.15, 0.2) is 36.4 Å². The fraction of sp³-hybridized carbons (Fsp3) is 0.364. The fourth-order valence-electron chi connectivity index (χ4n) is 3.42. The Bertz CT molecular complexity index is 1240. The van der Waals surface area contributed by atoms with Crippen molar-refractivity contribution in [1.82, 2.24) is 10.2 Å². The van der Waals surface area contributed by atoms with Gasteiger partial charge in [0.25, 0.3) is 0 Å². The lowest BCUT2D eigenvalue weighted by molar-refractivity contribution is -0.140. The van der Waals surface area contributed by atoms with Crippen molar-refractivity contribution in [2.75, 3.05) is 24.2 Å². The van der Waals surface area contributed by atoms with E-state index < -0.39 is 56.9 Å². The van der Waals surface area contributed by atoms with Crippen LogP contribution < -0.4 is 9.62 Å². The van der Waals surface area contributed by atoms with Gasteiger partial charge in [-0.1, -0.05) is 47.8 Å². The van der Waals surface area contributed by atoms with Crippen molar-refractivity contribution in [2.24, 2.45) is 0 Å². The first kappa shape index (κ1) is 30.0. The smallest absolute Gasteiger partial charge is 0.357 e. The zero-order valence-electron chi connectivity index (χ0n) is 19.4. The van der Waals surface area contributed by atoms with Crippen molar-refractivity contribution < 1.29 is 31.2 Å². The third-order valence-electron chi connectivity index (χ3n) is 5.19. The number of rotatable bonds is 9. The van der Waals surface area contributed by atoms with Gasteiger partial charge in [-0.25, -0.2) is 8.42 Å². The molecule has 0 aliphatic carbocycles. The third kappa shape index (κ3) is 7.41. The summed E-state index contributed by atoms with van der Waals surface area (Å²) in [4.78, 5) is 27.1. The lowest BCUT2D eigenvalue weighted by Crippen LogP contribution is -2.51. The van der Waals surface area contributed by atoms with Crippen LogP contribution in [0.3, 0.4) is 0 Å². The summed E-state index contributed by atoms with van der Waals surface area (Å²) in [6.07, 6.45) is -3.93. The predicted octanol–water partition coefficient (Wildman–Crippen LogP) is 4.99. The van der Waals surface area contributed by atoms with E-state index >= 15 is 0 Å². The van der Waals surface area contributed by atoms with Gasteiger partial charge in [-0.3, -0.25) is 13.9 Å². The van der Waals surface area contributed by atoms with Crippen molar-refractivity contribution in [3.63, 3.8) is 0 Å². The number of carbonyl (C=O) groups is 2. The van der Waals surface area contributed by atoms with Gasteiger partial charge in [-0.15, -0.1) is 0 Å². The minimum atomic E-state index is -4.85. The van der Waals surface area contributed by atoms with Gasteiger partial charge < -0.3 is 10.2 Å². The summed E-state index contributed by atoms with van der Waals surface area (Å²) in [5.41, 5.74) is -1.17. The Labute approximate surface area is 222 Å². The molecule has 0 aliphatic heterocycles. The number of hydrogen-bond acceptors (Lipinski definition) is 4. The summed E-state index contributed by atoms with van der Waals surface area (Å²) in [6.45, 7) is 0.637. The highest BCUT2D eigenvalue weighted by molar-refractivity contribution is 7.92. The van der Waals surface area contributed by atoms with Gasteiger partial charge in [0.05, 0.1) is 32.6 Å². The van der Waals surface area contributed by atoms with E-state index in [1.54, 1.807) is 13.0 Å². The number of benzene rings is 2. The van der Waals surface area contributed by atoms with Gasteiger partial charge in [0.2, 0.25) is 21.8 Å². The molecule has 0 aliphatic rings. The van der Waals surface area contributed by atoms with E-state index in [4.69, 9.17) is 34.8 Å². The maximum atomic E-state index is 13.4. The van der Waals surface area contributed by atoms with E-state index in [0.29, 0.717) is 15.9 Å². The Morgan fingerprint density at radius 2 is 1.64 bits per heavy atom. The highest BCUT2D eigenvalue weighted by atomic mass is 35.5. The summed E-state index contributed by atoms with van der Waals surface area (Å²) < 4.78 is 65.7. The highest BCUT2D eigenvalue weighted by Gasteiger charge is 2.36. The Kier molecular flexibility index (Phi) is 9.91. The molecule has 2 aromatic rings. The van der Waals surface area contributed by atoms with E-state index in [0.717, 1.165) is 23.3 Å². The largest absolute Gasteiger partial charge is 0.417 e. The summed E-state index contributed by atoms with van der Waals surface area (Å²) >= 11 is 17.7. The Hall–Kier alpha value is -2.21. The Balaban J connectivity index is 2.53. The lowest BCUT2D eigenvalue weighted by atomic mass is 10.1. The molecule has 14 heteroatoms. The molecule has 0 heterocycles. The molecule has 1 atom stereocenters. The zero-order chi connectivity index (χ0) is 27.4. The normalized spacial score (nSPS) is 12.7. The van der Waals surface area contributed by atoms with E-state index in [1.165, 1.54) is 19.2 Å². The molecule has 36 heavy (non-hydrogen) atoms. The fourth-order valence-corrected chi connectivity index (χ4v) is 4.81. The second-order valence-corrected chi connectivity index (χ2v) is 10.9. The van der Waals surface area contributed by atoms with E-state index in [9.17, 15) is 31.2 Å². The van der Waals surface area contributed by atoms with Crippen LogP contribution in [0.4, 0.5) is 18.9 Å². The molecule has 0 fully saturated rings. The molecular formula is C22H23Cl3F3N3O4S. The Morgan fingerprint density at radius 3 is 2.14 bits per heavy atom. The van der Waals surface area contributed by atoms with Gasteiger partial charge >= 0.3 is 6.18 Å². The molecule has 2 rings (SSSR count). The number of sulfonamides is 1. The minimum absolute atomic E-state index is 0.145. The number of hydrogen-bond donors (Lipinski definition) is 1. The second-order valence-electron chi connectivity index (χ2n) is 7.74. The maximum Gasteiger partial charge on any atom is 0.417 e. The van der Waals surface area contributed by atoms with Gasteiger partial charge in [0, 0.05) is 13.6 Å². The molecule has 0 spiro atoms. The average molecular weight is 589 g/mol. The highest BCUT2D eigenvalue weighted by Crippen LogP contribution is 2.37. The summed E-state index contributed by atoms with van der Waals surface area (Å²) in [5.74, 6) is -1.34. The van der Waals surface area contributed by atoms with Crippen molar-refractivity contribution in [3.8, 4) is 0 Å². The zero-order valence-corrected chi connectivity index (χ0v) is 22.5. The monoisotopic (exact) mass is 587 g/mol. The van der Waals surface area contributed by atoms with E-state index in [2.05, 4.69) is 5.32 Å². The summed E-state index contributed by atoms with van der Waals surface area (Å²) in [6, 6.07) is 6.07. The van der Waals surface area contributed by atoms with Gasteiger partial charge in [-0.2, -0.15) is 13.2 Å². The van der Waals surface area contributed by atoms with Crippen molar-refractivity contribution >= 4 is 62.3 Å². The van der Waals surface area contributed by atoms with Gasteiger partial charge in [0.15, 0.2) is 0 Å². The quantitative estimate of drug-likeness (QED) is 0.448. The topological polar surface area (TPSA) is 86.8 Å². The summed E-state index contributed by atoms with van der Waals surface area (Å²) in [7, 11) is -2.85. The average Bonchev–Trinajstić information content (AvgIpc) is 2.78. The van der Waals surface area contributed by atoms with E-state index in [1.807, 2.05) is 0 Å². The Morgan fingerprint density at radius 1 is 1.03 bits per heavy atom. The molecule has 0 bridgehead atoms. The lowest BCUT2D eigenvalue weighted by Gasteiger charge is -2.32. The van der Waals surface area contributed by atoms with Crippen molar-refractivity contribution in [2.45, 2.75) is 32.1 Å². The van der Waals surface area contributed by atoms with E-state index in [-0.39, 0.29) is 23.0 Å². The van der Waals surface area contributed by atoms with Crippen LogP contribution in [0.5, 0.6) is 0 Å². The molecule has 2 amide bonds. The molecule has 1 N–H and O–H groups in total. The minimum Gasteiger partial charge on any atom is -0.357 e. The van der Waals surface area contributed by atoms with Crippen LogP contribution in [-0.2, 0) is 32.3 Å². The predicted molar refractivity (Wildman–Crippen MR) is 134 cm³/mol. The van der Waals surface area contributed by atoms with Crippen molar-refractivity contribution in [3.05, 3.63) is 62.6 Å². The maximum absolute atomic E-state index is 13.4. The number of amides is 2. The second kappa shape index (κ2) is 11.9. The first-order valence-corrected chi connectivity index (χ1v) is 13.4. The van der Waals surface area contributed by atoms with Crippen LogP contribution in [0, 0.1) is 0 Å². The molecule has 0 aromatic heterocycles. The number of anilines is 1. The number of alkyl halides is 3. The standard InChI is InChI=1S/C22H23Cl3F3N3O4S/c1-4-19(21(33)29-2)30(11-13-5-7-17(24)18(25)9-13)20(32)12-31(36(3,34)35)14-6-8-16(23)15(10-14)22(26,27)28/h5-10,19H,4,11-12H2,1-3H3,(H,29,33). The molecule has 0 radical (unpaired) electrons.